The van der Waals surface area contributed by atoms with Gasteiger partial charge in [-0.05, 0) is 63.8 Å². The number of nitrogens with one attached hydrogen (secondary N) is 1. The summed E-state index contributed by atoms with van der Waals surface area (Å²) in [5, 5.41) is 3.26. The number of benzene rings is 1. The molecule has 3 rings (SSSR count). The number of halogens is 1. The van der Waals surface area contributed by atoms with E-state index in [1.807, 2.05) is 0 Å². The Morgan fingerprint density at radius 1 is 1.19 bits per heavy atom. The number of amides is 1. The Kier molecular flexibility index (Phi) is 5.90. The molecule has 1 atom stereocenters. The SMILES string of the molecule is CC(C)(C(=O)NCC1CCC2(CCCCC2)O1)S(=O)(=O)c1ccc(Cl)cc1. The molecule has 1 spiro atoms. The van der Waals surface area contributed by atoms with E-state index < -0.39 is 20.5 Å². The Morgan fingerprint density at radius 2 is 1.81 bits per heavy atom. The van der Waals surface area contributed by atoms with Gasteiger partial charge in [-0.1, -0.05) is 30.9 Å². The molecule has 2 fully saturated rings. The molecular weight excluding hydrogens is 386 g/mol. The molecule has 1 heterocycles. The van der Waals surface area contributed by atoms with Crippen molar-refractivity contribution in [1.29, 1.82) is 0 Å². The zero-order chi connectivity index (χ0) is 19.7. The van der Waals surface area contributed by atoms with Crippen molar-refractivity contribution in [1.82, 2.24) is 5.32 Å². The molecule has 0 radical (unpaired) electrons. The number of sulfone groups is 1. The van der Waals surface area contributed by atoms with Crippen LogP contribution in [-0.4, -0.2) is 37.3 Å². The van der Waals surface area contributed by atoms with Crippen LogP contribution < -0.4 is 5.32 Å². The van der Waals surface area contributed by atoms with E-state index >= 15 is 0 Å². The quantitative estimate of drug-likeness (QED) is 0.794. The Balaban J connectivity index is 1.62. The summed E-state index contributed by atoms with van der Waals surface area (Å²) < 4.78 is 30.5. The van der Waals surface area contributed by atoms with E-state index in [4.69, 9.17) is 16.3 Å². The van der Waals surface area contributed by atoms with Crippen molar-refractivity contribution in [2.75, 3.05) is 6.54 Å². The Hall–Kier alpha value is -1.11. The van der Waals surface area contributed by atoms with E-state index in [2.05, 4.69) is 5.32 Å². The second-order valence-corrected chi connectivity index (χ2v) is 11.1. The minimum absolute atomic E-state index is 0.0153. The van der Waals surface area contributed by atoms with Crippen LogP contribution in [0.15, 0.2) is 29.2 Å². The van der Waals surface area contributed by atoms with Gasteiger partial charge in [-0.15, -0.1) is 0 Å². The molecule has 150 valence electrons. The lowest BCUT2D eigenvalue weighted by molar-refractivity contribution is -0.124. The summed E-state index contributed by atoms with van der Waals surface area (Å²) >= 11 is 5.83. The lowest BCUT2D eigenvalue weighted by Gasteiger charge is -2.33. The maximum Gasteiger partial charge on any atom is 0.241 e. The molecule has 1 amide bonds. The molecule has 7 heteroatoms. The van der Waals surface area contributed by atoms with Crippen molar-refractivity contribution in [2.45, 2.75) is 80.1 Å². The predicted molar refractivity (Wildman–Crippen MR) is 106 cm³/mol. The molecule has 1 unspecified atom stereocenters. The average molecular weight is 414 g/mol. The Labute approximate surface area is 166 Å². The van der Waals surface area contributed by atoms with Crippen LogP contribution >= 0.6 is 11.6 Å². The van der Waals surface area contributed by atoms with Crippen molar-refractivity contribution in [3.05, 3.63) is 29.3 Å². The van der Waals surface area contributed by atoms with Crippen LogP contribution in [0.1, 0.15) is 58.8 Å². The Bertz CT molecular complexity index is 783. The second kappa shape index (κ2) is 7.72. The minimum atomic E-state index is -3.84. The molecule has 1 N–H and O–H groups in total. The third-order valence-electron chi connectivity index (χ3n) is 5.94. The lowest BCUT2D eigenvalue weighted by Crippen LogP contribution is -2.49. The fourth-order valence-corrected chi connectivity index (χ4v) is 5.58. The standard InChI is InChI=1S/C20H28ClNO4S/c1-19(2,27(24,25)17-8-6-15(21)7-9-17)18(23)22-14-16-10-13-20(26-16)11-4-3-5-12-20/h6-9,16H,3-5,10-14H2,1-2H3,(H,22,23). The monoisotopic (exact) mass is 413 g/mol. The van der Waals surface area contributed by atoms with Crippen molar-refractivity contribution >= 4 is 27.3 Å². The summed E-state index contributed by atoms with van der Waals surface area (Å²) in [6, 6.07) is 5.88. The van der Waals surface area contributed by atoms with Crippen molar-refractivity contribution in [3.63, 3.8) is 0 Å². The minimum Gasteiger partial charge on any atom is -0.370 e. The molecule has 0 aromatic heterocycles. The van der Waals surface area contributed by atoms with Gasteiger partial charge >= 0.3 is 0 Å². The highest BCUT2D eigenvalue weighted by molar-refractivity contribution is 7.93. The number of carbonyl (C=O) groups excluding carboxylic acids is 1. The van der Waals surface area contributed by atoms with Crippen LogP contribution in [0.5, 0.6) is 0 Å². The molecule has 1 aromatic carbocycles. The fraction of sp³-hybridized carbons (Fsp3) is 0.650. The third-order valence-corrected chi connectivity index (χ3v) is 8.61. The van der Waals surface area contributed by atoms with E-state index in [1.54, 1.807) is 0 Å². The first-order valence-electron chi connectivity index (χ1n) is 9.63. The van der Waals surface area contributed by atoms with Gasteiger partial charge in [-0.2, -0.15) is 0 Å². The number of ether oxygens (including phenoxy) is 1. The van der Waals surface area contributed by atoms with Crippen molar-refractivity contribution in [2.24, 2.45) is 0 Å². The van der Waals surface area contributed by atoms with Gasteiger partial charge in [-0.3, -0.25) is 4.79 Å². The Morgan fingerprint density at radius 3 is 2.44 bits per heavy atom. The highest BCUT2D eigenvalue weighted by Crippen LogP contribution is 2.41. The lowest BCUT2D eigenvalue weighted by atomic mass is 9.83. The van der Waals surface area contributed by atoms with Gasteiger partial charge in [0, 0.05) is 11.6 Å². The van der Waals surface area contributed by atoms with Crippen molar-refractivity contribution < 1.29 is 17.9 Å². The predicted octanol–water partition coefficient (Wildman–Crippen LogP) is 3.89. The molecule has 1 aromatic rings. The van der Waals surface area contributed by atoms with Gasteiger partial charge in [0.05, 0.1) is 16.6 Å². The van der Waals surface area contributed by atoms with E-state index in [9.17, 15) is 13.2 Å². The van der Waals surface area contributed by atoms with Crippen LogP contribution in [0.3, 0.4) is 0 Å². The molecule has 0 bridgehead atoms. The average Bonchev–Trinajstić information content (AvgIpc) is 3.02. The summed E-state index contributed by atoms with van der Waals surface area (Å²) in [6.07, 6.45) is 7.74. The summed E-state index contributed by atoms with van der Waals surface area (Å²) in [4.78, 5) is 12.8. The number of hydrogen-bond donors (Lipinski definition) is 1. The molecule has 5 nitrogen and oxygen atoms in total. The highest BCUT2D eigenvalue weighted by atomic mass is 35.5. The topological polar surface area (TPSA) is 72.5 Å². The van der Waals surface area contributed by atoms with Crippen molar-refractivity contribution in [3.8, 4) is 0 Å². The summed E-state index contributed by atoms with van der Waals surface area (Å²) in [6.45, 7) is 3.22. The van der Waals surface area contributed by atoms with Crippen LogP contribution in [0.2, 0.25) is 5.02 Å². The van der Waals surface area contributed by atoms with E-state index in [0.717, 1.165) is 25.7 Å². The third kappa shape index (κ3) is 4.17. The fourth-order valence-electron chi connectivity index (χ4n) is 4.05. The maximum absolute atomic E-state index is 12.9. The van der Waals surface area contributed by atoms with Gasteiger partial charge in [0.15, 0.2) is 9.84 Å². The zero-order valence-corrected chi connectivity index (χ0v) is 17.5. The number of hydrogen-bond acceptors (Lipinski definition) is 4. The molecule has 1 saturated heterocycles. The summed E-state index contributed by atoms with van der Waals surface area (Å²) in [5.41, 5.74) is -0.0153. The number of carbonyl (C=O) groups is 1. The highest BCUT2D eigenvalue weighted by Gasteiger charge is 2.44. The molecule has 27 heavy (non-hydrogen) atoms. The number of rotatable bonds is 5. The first kappa shape index (κ1) is 20.6. The normalized spacial score (nSPS) is 22.7. The largest absolute Gasteiger partial charge is 0.370 e. The van der Waals surface area contributed by atoms with Crippen LogP contribution in [0.4, 0.5) is 0 Å². The van der Waals surface area contributed by atoms with E-state index in [0.29, 0.717) is 11.6 Å². The van der Waals surface area contributed by atoms with Crippen LogP contribution in [0.25, 0.3) is 0 Å². The summed E-state index contributed by atoms with van der Waals surface area (Å²) in [5.74, 6) is -0.509. The first-order chi connectivity index (χ1) is 12.7. The smallest absolute Gasteiger partial charge is 0.241 e. The van der Waals surface area contributed by atoms with Crippen LogP contribution in [-0.2, 0) is 19.4 Å². The molecule has 1 saturated carbocycles. The van der Waals surface area contributed by atoms with Gasteiger partial charge in [0.2, 0.25) is 5.91 Å². The van der Waals surface area contributed by atoms with Gasteiger partial charge < -0.3 is 10.1 Å². The first-order valence-corrected chi connectivity index (χ1v) is 11.5. The molecule has 1 aliphatic heterocycles. The van der Waals surface area contributed by atoms with Crippen LogP contribution in [0, 0.1) is 0 Å². The summed E-state index contributed by atoms with van der Waals surface area (Å²) in [7, 11) is -3.84. The van der Waals surface area contributed by atoms with E-state index in [1.165, 1.54) is 57.4 Å². The van der Waals surface area contributed by atoms with Gasteiger partial charge in [-0.25, -0.2) is 8.42 Å². The molecule has 1 aliphatic carbocycles. The van der Waals surface area contributed by atoms with Gasteiger partial charge in [0.1, 0.15) is 4.75 Å². The van der Waals surface area contributed by atoms with E-state index in [-0.39, 0.29) is 16.6 Å². The maximum atomic E-state index is 12.9. The molecule has 2 aliphatic rings. The zero-order valence-electron chi connectivity index (χ0n) is 16.0. The molecular formula is C20H28ClNO4S. The second-order valence-electron chi connectivity index (χ2n) is 8.20. The van der Waals surface area contributed by atoms with Gasteiger partial charge in [0.25, 0.3) is 0 Å².